The quantitative estimate of drug-likeness (QED) is 0.664. The molecule has 0 aliphatic rings. The van der Waals surface area contributed by atoms with Gasteiger partial charge in [0, 0.05) is 0 Å². The van der Waals surface area contributed by atoms with Gasteiger partial charge in [-0.15, -0.1) is 0 Å². The Morgan fingerprint density at radius 1 is 1.32 bits per heavy atom. The van der Waals surface area contributed by atoms with Crippen molar-refractivity contribution in [3.8, 4) is 12.1 Å². The predicted molar refractivity (Wildman–Crippen MR) is 70.6 cm³/mol. The molecule has 8 heteroatoms. The van der Waals surface area contributed by atoms with Crippen LogP contribution in [0.15, 0.2) is 17.0 Å². The first-order chi connectivity index (χ1) is 8.84. The summed E-state index contributed by atoms with van der Waals surface area (Å²) in [7, 11) is -3.95. The van der Waals surface area contributed by atoms with E-state index in [1.807, 2.05) is 0 Å². The van der Waals surface area contributed by atoms with Crippen molar-refractivity contribution in [3.63, 3.8) is 0 Å². The normalized spacial score (nSPS) is 11.0. The summed E-state index contributed by atoms with van der Waals surface area (Å²) < 4.78 is 25.4. The van der Waals surface area contributed by atoms with Gasteiger partial charge in [0.1, 0.15) is 13.1 Å². The van der Waals surface area contributed by atoms with E-state index < -0.39 is 23.1 Å². The molecule has 0 saturated heterocycles. The van der Waals surface area contributed by atoms with Crippen molar-refractivity contribution in [2.75, 3.05) is 18.8 Å². The summed E-state index contributed by atoms with van der Waals surface area (Å²) in [6.07, 6.45) is 0. The number of nitrogen functional groups attached to an aromatic ring is 1. The average Bonchev–Trinajstić information content (AvgIpc) is 2.33. The molecule has 0 spiro atoms. The minimum absolute atomic E-state index is 0.0556. The molecule has 1 rings (SSSR count). The Hall–Kier alpha value is -1.80. The summed E-state index contributed by atoms with van der Waals surface area (Å²) in [5.74, 6) is 0. The summed E-state index contributed by atoms with van der Waals surface area (Å²) in [5, 5.41) is 17.5. The van der Waals surface area contributed by atoms with Gasteiger partial charge in [-0.1, -0.05) is 11.6 Å². The molecule has 2 N–H and O–H groups in total. The number of hydrogen-bond acceptors (Lipinski definition) is 5. The highest BCUT2D eigenvalue weighted by atomic mass is 35.5. The molecule has 0 amide bonds. The number of aryl methyl sites for hydroxylation is 1. The summed E-state index contributed by atoms with van der Waals surface area (Å²) >= 11 is 5.80. The van der Waals surface area contributed by atoms with Crippen LogP contribution in [-0.2, 0) is 10.0 Å². The summed E-state index contributed by atoms with van der Waals surface area (Å²) in [6, 6.07) is 6.09. The van der Waals surface area contributed by atoms with Crippen LogP contribution in [0.25, 0.3) is 0 Å². The third-order valence-electron chi connectivity index (χ3n) is 2.41. The highest BCUT2D eigenvalue weighted by molar-refractivity contribution is 7.89. The molecule has 1 aromatic rings. The highest BCUT2D eigenvalue weighted by Gasteiger charge is 2.26. The lowest BCUT2D eigenvalue weighted by atomic mass is 10.2. The van der Waals surface area contributed by atoms with E-state index in [4.69, 9.17) is 27.9 Å². The van der Waals surface area contributed by atoms with E-state index in [9.17, 15) is 8.42 Å². The van der Waals surface area contributed by atoms with E-state index in [1.165, 1.54) is 12.1 Å². The van der Waals surface area contributed by atoms with E-state index >= 15 is 0 Å². The highest BCUT2D eigenvalue weighted by Crippen LogP contribution is 2.28. The Morgan fingerprint density at radius 3 is 2.32 bits per heavy atom. The number of nitrogens with zero attached hydrogens (tertiary/aromatic N) is 3. The summed E-state index contributed by atoms with van der Waals surface area (Å²) in [5.41, 5.74) is 6.12. The molecular weight excluding hydrogens is 288 g/mol. The number of rotatable bonds is 4. The molecule has 0 bridgehead atoms. The number of halogens is 1. The number of sulfonamides is 1. The molecule has 0 saturated carbocycles. The first-order valence-corrected chi connectivity index (χ1v) is 6.96. The fourth-order valence-electron chi connectivity index (χ4n) is 1.47. The molecule has 0 aliphatic heterocycles. The second-order valence-electron chi connectivity index (χ2n) is 3.73. The average molecular weight is 299 g/mol. The maximum Gasteiger partial charge on any atom is 0.245 e. The maximum absolute atomic E-state index is 12.3. The van der Waals surface area contributed by atoms with Gasteiger partial charge < -0.3 is 5.73 Å². The third kappa shape index (κ3) is 3.15. The zero-order chi connectivity index (χ0) is 14.6. The minimum atomic E-state index is -3.95. The van der Waals surface area contributed by atoms with Crippen LogP contribution in [0.2, 0.25) is 5.02 Å². The Labute approximate surface area is 116 Å². The third-order valence-corrected chi connectivity index (χ3v) is 4.67. The van der Waals surface area contributed by atoms with E-state index in [1.54, 1.807) is 19.1 Å². The molecule has 0 unspecified atom stereocenters. The van der Waals surface area contributed by atoms with E-state index in [0.29, 0.717) is 5.56 Å². The number of nitrogens with two attached hydrogens (primary N) is 1. The first-order valence-electron chi connectivity index (χ1n) is 5.14. The van der Waals surface area contributed by atoms with Crippen molar-refractivity contribution in [1.29, 1.82) is 10.5 Å². The largest absolute Gasteiger partial charge is 0.397 e. The zero-order valence-corrected chi connectivity index (χ0v) is 11.7. The van der Waals surface area contributed by atoms with Crippen LogP contribution < -0.4 is 5.73 Å². The van der Waals surface area contributed by atoms with Crippen molar-refractivity contribution >= 4 is 27.3 Å². The Kier molecular flexibility index (Phi) is 4.73. The van der Waals surface area contributed by atoms with Crippen LogP contribution in [0.3, 0.4) is 0 Å². The zero-order valence-electron chi connectivity index (χ0n) is 10.1. The van der Waals surface area contributed by atoms with Crippen molar-refractivity contribution in [2.24, 2.45) is 0 Å². The van der Waals surface area contributed by atoms with Gasteiger partial charge in [0.15, 0.2) is 0 Å². The standard InChI is InChI=1S/C11H11ClN4O2S/c1-8-6-9(12)10(15)7-11(8)19(17,18)16(4-2-13)5-3-14/h6-7H,4-5,15H2,1H3. The molecule has 1 aromatic carbocycles. The van der Waals surface area contributed by atoms with E-state index in [0.717, 1.165) is 4.31 Å². The van der Waals surface area contributed by atoms with Crippen molar-refractivity contribution in [3.05, 3.63) is 22.7 Å². The minimum Gasteiger partial charge on any atom is -0.397 e. The van der Waals surface area contributed by atoms with Crippen LogP contribution >= 0.6 is 11.6 Å². The van der Waals surface area contributed by atoms with Crippen LogP contribution in [0.4, 0.5) is 5.69 Å². The molecule has 6 nitrogen and oxygen atoms in total. The smallest absolute Gasteiger partial charge is 0.245 e. The fourth-order valence-corrected chi connectivity index (χ4v) is 3.16. The summed E-state index contributed by atoms with van der Waals surface area (Å²) in [4.78, 5) is -0.0556. The lowest BCUT2D eigenvalue weighted by Crippen LogP contribution is -2.32. The molecule has 0 aliphatic carbocycles. The topological polar surface area (TPSA) is 111 Å². The predicted octanol–water partition coefficient (Wildman–Crippen LogP) is 1.27. The molecule has 0 aromatic heterocycles. The van der Waals surface area contributed by atoms with E-state index in [-0.39, 0.29) is 15.6 Å². The molecule has 0 fully saturated rings. The first kappa shape index (κ1) is 15.3. The Morgan fingerprint density at radius 2 is 1.84 bits per heavy atom. The lowest BCUT2D eigenvalue weighted by molar-refractivity contribution is 0.479. The number of benzene rings is 1. The van der Waals surface area contributed by atoms with Crippen molar-refractivity contribution < 1.29 is 8.42 Å². The van der Waals surface area contributed by atoms with Crippen LogP contribution in [-0.4, -0.2) is 25.8 Å². The lowest BCUT2D eigenvalue weighted by Gasteiger charge is -2.18. The van der Waals surface area contributed by atoms with Crippen LogP contribution in [0, 0.1) is 29.6 Å². The van der Waals surface area contributed by atoms with Gasteiger partial charge in [-0.3, -0.25) is 0 Å². The molecule has 0 radical (unpaired) electrons. The SMILES string of the molecule is Cc1cc(Cl)c(N)cc1S(=O)(=O)N(CC#N)CC#N. The second-order valence-corrected chi connectivity index (χ2v) is 6.04. The van der Waals surface area contributed by atoms with Crippen LogP contribution in [0.1, 0.15) is 5.56 Å². The van der Waals surface area contributed by atoms with Gasteiger partial charge in [0.05, 0.1) is 27.7 Å². The van der Waals surface area contributed by atoms with Gasteiger partial charge >= 0.3 is 0 Å². The molecular formula is C11H11ClN4O2S. The molecule has 100 valence electrons. The van der Waals surface area contributed by atoms with Gasteiger partial charge in [0.2, 0.25) is 10.0 Å². The maximum atomic E-state index is 12.3. The van der Waals surface area contributed by atoms with Crippen LogP contribution in [0.5, 0.6) is 0 Å². The Bertz CT molecular complexity index is 657. The van der Waals surface area contributed by atoms with Crippen molar-refractivity contribution in [1.82, 2.24) is 4.31 Å². The molecule has 0 heterocycles. The van der Waals surface area contributed by atoms with Crippen molar-refractivity contribution in [2.45, 2.75) is 11.8 Å². The monoisotopic (exact) mass is 298 g/mol. The number of hydrogen-bond donors (Lipinski definition) is 1. The summed E-state index contributed by atoms with van der Waals surface area (Å²) in [6.45, 7) is 0.755. The van der Waals surface area contributed by atoms with Gasteiger partial charge in [-0.2, -0.15) is 14.8 Å². The fraction of sp³-hybridized carbons (Fsp3) is 0.273. The number of nitriles is 2. The van der Waals surface area contributed by atoms with E-state index in [2.05, 4.69) is 0 Å². The number of anilines is 1. The second kappa shape index (κ2) is 5.89. The molecule has 19 heavy (non-hydrogen) atoms. The van der Waals surface area contributed by atoms with Gasteiger partial charge in [-0.05, 0) is 24.6 Å². The Balaban J connectivity index is 3.38. The molecule has 0 atom stereocenters. The van der Waals surface area contributed by atoms with Gasteiger partial charge in [-0.25, -0.2) is 8.42 Å². The van der Waals surface area contributed by atoms with Gasteiger partial charge in [0.25, 0.3) is 0 Å².